The Bertz CT molecular complexity index is 419. The monoisotopic (exact) mass is 235 g/mol. The van der Waals surface area contributed by atoms with E-state index in [1.165, 1.54) is 10.6 Å². The number of hydrogen-bond donors (Lipinski definition) is 1. The standard InChI is InChI=1S/C12H17N3S/c1-10(6-13-2)8-15-9-14-7-11(15)12-4-3-5-16-12/h3-5,7,9-10,13H,6,8H2,1-2H3. The quantitative estimate of drug-likeness (QED) is 0.863. The first kappa shape index (κ1) is 11.4. The fourth-order valence-electron chi connectivity index (χ4n) is 1.84. The molecule has 3 nitrogen and oxygen atoms in total. The predicted molar refractivity (Wildman–Crippen MR) is 68.6 cm³/mol. The van der Waals surface area contributed by atoms with Gasteiger partial charge in [-0.1, -0.05) is 13.0 Å². The lowest BCUT2D eigenvalue weighted by molar-refractivity contribution is 0.464. The summed E-state index contributed by atoms with van der Waals surface area (Å²) in [6, 6.07) is 4.22. The molecular formula is C12H17N3S. The van der Waals surface area contributed by atoms with Gasteiger partial charge in [-0.25, -0.2) is 4.98 Å². The lowest BCUT2D eigenvalue weighted by Crippen LogP contribution is -2.20. The molecule has 0 fully saturated rings. The minimum absolute atomic E-state index is 0.609. The molecule has 0 aromatic carbocycles. The molecule has 1 atom stereocenters. The predicted octanol–water partition coefficient (Wildman–Crippen LogP) is 2.47. The molecule has 2 aromatic heterocycles. The minimum atomic E-state index is 0.609. The summed E-state index contributed by atoms with van der Waals surface area (Å²) in [7, 11) is 1.99. The van der Waals surface area contributed by atoms with E-state index in [4.69, 9.17) is 0 Å². The van der Waals surface area contributed by atoms with Crippen LogP contribution in [0.5, 0.6) is 0 Å². The van der Waals surface area contributed by atoms with Crippen LogP contribution in [0.1, 0.15) is 6.92 Å². The number of aromatic nitrogens is 2. The highest BCUT2D eigenvalue weighted by molar-refractivity contribution is 7.13. The van der Waals surface area contributed by atoms with Crippen LogP contribution in [-0.2, 0) is 6.54 Å². The van der Waals surface area contributed by atoms with Gasteiger partial charge in [-0.15, -0.1) is 11.3 Å². The molecule has 2 heterocycles. The van der Waals surface area contributed by atoms with Crippen molar-refractivity contribution in [3.05, 3.63) is 30.0 Å². The largest absolute Gasteiger partial charge is 0.330 e. The van der Waals surface area contributed by atoms with Gasteiger partial charge < -0.3 is 9.88 Å². The fourth-order valence-corrected chi connectivity index (χ4v) is 2.60. The molecule has 0 radical (unpaired) electrons. The second-order valence-electron chi connectivity index (χ2n) is 4.07. The Hall–Kier alpha value is -1.13. The second kappa shape index (κ2) is 5.27. The van der Waals surface area contributed by atoms with Crippen molar-refractivity contribution < 1.29 is 0 Å². The van der Waals surface area contributed by atoms with E-state index in [2.05, 4.69) is 39.3 Å². The van der Waals surface area contributed by atoms with Gasteiger partial charge in [0.1, 0.15) is 0 Å². The lowest BCUT2D eigenvalue weighted by atomic mass is 10.2. The number of thiophene rings is 1. The van der Waals surface area contributed by atoms with Crippen LogP contribution in [0.25, 0.3) is 10.6 Å². The Kier molecular flexibility index (Phi) is 3.74. The molecule has 0 saturated heterocycles. The first-order valence-corrected chi connectivity index (χ1v) is 6.38. The maximum Gasteiger partial charge on any atom is 0.0951 e. The zero-order valence-electron chi connectivity index (χ0n) is 9.68. The number of imidazole rings is 1. The summed E-state index contributed by atoms with van der Waals surface area (Å²) >= 11 is 1.76. The molecule has 0 saturated carbocycles. The van der Waals surface area contributed by atoms with Gasteiger partial charge in [0.2, 0.25) is 0 Å². The molecule has 2 aromatic rings. The maximum atomic E-state index is 4.24. The summed E-state index contributed by atoms with van der Waals surface area (Å²) in [6.45, 7) is 4.28. The number of nitrogens with zero attached hydrogens (tertiary/aromatic N) is 2. The summed E-state index contributed by atoms with van der Waals surface area (Å²) < 4.78 is 2.23. The normalized spacial score (nSPS) is 12.9. The van der Waals surface area contributed by atoms with E-state index < -0.39 is 0 Å². The molecule has 86 valence electrons. The number of hydrogen-bond acceptors (Lipinski definition) is 3. The maximum absolute atomic E-state index is 4.24. The van der Waals surface area contributed by atoms with E-state index in [-0.39, 0.29) is 0 Å². The highest BCUT2D eigenvalue weighted by Crippen LogP contribution is 2.24. The highest BCUT2D eigenvalue weighted by Gasteiger charge is 2.08. The van der Waals surface area contributed by atoms with Crippen LogP contribution in [0, 0.1) is 5.92 Å². The van der Waals surface area contributed by atoms with Gasteiger partial charge >= 0.3 is 0 Å². The molecule has 2 rings (SSSR count). The minimum Gasteiger partial charge on any atom is -0.330 e. The first-order valence-electron chi connectivity index (χ1n) is 5.50. The fraction of sp³-hybridized carbons (Fsp3) is 0.417. The molecule has 0 aliphatic rings. The summed E-state index contributed by atoms with van der Waals surface area (Å²) in [6.07, 6.45) is 3.86. The molecule has 0 aliphatic carbocycles. The molecule has 0 aliphatic heterocycles. The SMILES string of the molecule is CNCC(C)Cn1cncc1-c1cccs1. The summed E-state index contributed by atoms with van der Waals surface area (Å²) in [4.78, 5) is 5.53. The zero-order valence-corrected chi connectivity index (χ0v) is 10.5. The van der Waals surface area contributed by atoms with Crippen molar-refractivity contribution in [1.82, 2.24) is 14.9 Å². The second-order valence-corrected chi connectivity index (χ2v) is 5.02. The molecule has 0 spiro atoms. The van der Waals surface area contributed by atoms with Crippen LogP contribution >= 0.6 is 11.3 Å². The van der Waals surface area contributed by atoms with Crippen LogP contribution in [0.3, 0.4) is 0 Å². The van der Waals surface area contributed by atoms with E-state index in [1.54, 1.807) is 11.3 Å². The van der Waals surface area contributed by atoms with Gasteiger partial charge in [0.25, 0.3) is 0 Å². The van der Waals surface area contributed by atoms with E-state index in [9.17, 15) is 0 Å². The molecule has 0 bridgehead atoms. The zero-order chi connectivity index (χ0) is 11.4. The Labute approximate surface area is 100 Å². The van der Waals surface area contributed by atoms with Gasteiger partial charge in [-0.05, 0) is 31.0 Å². The number of rotatable bonds is 5. The van der Waals surface area contributed by atoms with Crippen LogP contribution in [0.2, 0.25) is 0 Å². The highest BCUT2D eigenvalue weighted by atomic mass is 32.1. The van der Waals surface area contributed by atoms with E-state index in [1.807, 2.05) is 19.6 Å². The van der Waals surface area contributed by atoms with Crippen molar-refractivity contribution in [3.8, 4) is 10.6 Å². The third-order valence-corrected chi connectivity index (χ3v) is 3.44. The van der Waals surface area contributed by atoms with E-state index in [0.717, 1.165) is 13.1 Å². The Morgan fingerprint density at radius 2 is 2.44 bits per heavy atom. The van der Waals surface area contributed by atoms with Crippen LogP contribution in [0.15, 0.2) is 30.0 Å². The Balaban J connectivity index is 2.14. The van der Waals surface area contributed by atoms with Gasteiger partial charge in [0.15, 0.2) is 0 Å². The number of nitrogens with one attached hydrogen (secondary N) is 1. The van der Waals surface area contributed by atoms with Crippen LogP contribution in [-0.4, -0.2) is 23.1 Å². The van der Waals surface area contributed by atoms with Crippen molar-refractivity contribution in [2.24, 2.45) is 5.92 Å². The van der Waals surface area contributed by atoms with Crippen LogP contribution in [0.4, 0.5) is 0 Å². The molecule has 1 unspecified atom stereocenters. The average Bonchev–Trinajstić information content (AvgIpc) is 2.86. The Morgan fingerprint density at radius 1 is 1.56 bits per heavy atom. The summed E-state index contributed by atoms with van der Waals surface area (Å²) in [5.74, 6) is 0.609. The molecule has 1 N–H and O–H groups in total. The van der Waals surface area contributed by atoms with Crippen molar-refractivity contribution in [2.45, 2.75) is 13.5 Å². The first-order chi connectivity index (χ1) is 7.81. The molecular weight excluding hydrogens is 218 g/mol. The third-order valence-electron chi connectivity index (χ3n) is 2.55. The van der Waals surface area contributed by atoms with E-state index >= 15 is 0 Å². The third kappa shape index (κ3) is 2.51. The van der Waals surface area contributed by atoms with Crippen molar-refractivity contribution in [2.75, 3.05) is 13.6 Å². The van der Waals surface area contributed by atoms with Crippen molar-refractivity contribution in [1.29, 1.82) is 0 Å². The Morgan fingerprint density at radius 3 is 3.12 bits per heavy atom. The van der Waals surface area contributed by atoms with E-state index in [0.29, 0.717) is 5.92 Å². The summed E-state index contributed by atoms with van der Waals surface area (Å²) in [5, 5.41) is 5.30. The topological polar surface area (TPSA) is 29.9 Å². The van der Waals surface area contributed by atoms with Gasteiger partial charge in [-0.3, -0.25) is 0 Å². The summed E-state index contributed by atoms with van der Waals surface area (Å²) in [5.41, 5.74) is 1.22. The van der Waals surface area contributed by atoms with Gasteiger partial charge in [0, 0.05) is 6.54 Å². The molecule has 16 heavy (non-hydrogen) atoms. The average molecular weight is 235 g/mol. The lowest BCUT2D eigenvalue weighted by Gasteiger charge is -2.13. The van der Waals surface area contributed by atoms with Crippen molar-refractivity contribution in [3.63, 3.8) is 0 Å². The molecule has 4 heteroatoms. The van der Waals surface area contributed by atoms with Gasteiger partial charge in [0.05, 0.1) is 23.1 Å². The molecule has 0 amide bonds. The smallest absolute Gasteiger partial charge is 0.0951 e. The van der Waals surface area contributed by atoms with Gasteiger partial charge in [-0.2, -0.15) is 0 Å². The van der Waals surface area contributed by atoms with Crippen molar-refractivity contribution >= 4 is 11.3 Å². The van der Waals surface area contributed by atoms with Crippen LogP contribution < -0.4 is 5.32 Å².